The van der Waals surface area contributed by atoms with E-state index in [0.717, 1.165) is 12.8 Å². The predicted octanol–water partition coefficient (Wildman–Crippen LogP) is 2.21. The highest BCUT2D eigenvalue weighted by Crippen LogP contribution is 2.43. The third-order valence-electron chi connectivity index (χ3n) is 4.26. The van der Waals surface area contributed by atoms with E-state index in [4.69, 9.17) is 0 Å². The minimum absolute atomic E-state index is 0.252. The smallest absolute Gasteiger partial charge is 0.0584 e. The highest BCUT2D eigenvalue weighted by atomic mass is 16.3. The van der Waals surface area contributed by atoms with Crippen LogP contribution < -0.4 is 5.32 Å². The van der Waals surface area contributed by atoms with Crippen LogP contribution in [-0.2, 0) is 6.42 Å². The van der Waals surface area contributed by atoms with Gasteiger partial charge in [-0.15, -0.1) is 0 Å². The Kier molecular flexibility index (Phi) is 2.57. The molecule has 1 heterocycles. The molecule has 1 fully saturated rings. The first kappa shape index (κ1) is 11.0. The van der Waals surface area contributed by atoms with Crippen LogP contribution in [0.1, 0.15) is 34.7 Å². The molecule has 1 aromatic carbocycles. The molecule has 2 N–H and O–H groups in total. The Bertz CT molecular complexity index is 466. The fourth-order valence-electron chi connectivity index (χ4n) is 3.40. The Labute approximate surface area is 102 Å². The molecule has 1 saturated heterocycles. The number of aliphatic hydroxyl groups excluding tert-OH is 1. The van der Waals surface area contributed by atoms with Gasteiger partial charge in [-0.25, -0.2) is 0 Å². The molecule has 2 nitrogen and oxygen atoms in total. The lowest BCUT2D eigenvalue weighted by Gasteiger charge is -2.14. The van der Waals surface area contributed by atoms with E-state index < -0.39 is 0 Å². The number of rotatable bonds is 2. The normalized spacial score (nSPS) is 30.1. The van der Waals surface area contributed by atoms with E-state index in [0.29, 0.717) is 12.0 Å². The SMILES string of the molecule is C=Cc1cc2c(cc1C)C[C@@H]1C[C@@H](CO)N[C@H]21. The minimum atomic E-state index is 0.252. The number of nitrogens with one attached hydrogen (secondary N) is 1. The number of benzene rings is 1. The predicted molar refractivity (Wildman–Crippen MR) is 69.8 cm³/mol. The Balaban J connectivity index is 1.98. The van der Waals surface area contributed by atoms with Crippen LogP contribution in [0, 0.1) is 12.8 Å². The van der Waals surface area contributed by atoms with Crippen molar-refractivity contribution in [1.29, 1.82) is 0 Å². The second kappa shape index (κ2) is 3.97. The van der Waals surface area contributed by atoms with Crippen molar-refractivity contribution in [3.8, 4) is 0 Å². The van der Waals surface area contributed by atoms with Gasteiger partial charge in [0.25, 0.3) is 0 Å². The number of hydrogen-bond acceptors (Lipinski definition) is 2. The number of hydrogen-bond donors (Lipinski definition) is 2. The lowest BCUT2D eigenvalue weighted by Crippen LogP contribution is -2.27. The monoisotopic (exact) mass is 229 g/mol. The average molecular weight is 229 g/mol. The molecule has 0 unspecified atom stereocenters. The minimum Gasteiger partial charge on any atom is -0.395 e. The first-order chi connectivity index (χ1) is 8.22. The maximum absolute atomic E-state index is 9.24. The Morgan fingerprint density at radius 3 is 3.06 bits per heavy atom. The highest BCUT2D eigenvalue weighted by Gasteiger charge is 2.40. The number of aryl methyl sites for hydroxylation is 1. The molecule has 0 amide bonds. The van der Waals surface area contributed by atoms with Gasteiger partial charge in [0, 0.05) is 12.1 Å². The zero-order chi connectivity index (χ0) is 12.0. The van der Waals surface area contributed by atoms with Crippen molar-refractivity contribution in [1.82, 2.24) is 5.32 Å². The van der Waals surface area contributed by atoms with Crippen molar-refractivity contribution in [2.45, 2.75) is 31.8 Å². The molecule has 0 saturated carbocycles. The number of fused-ring (bicyclic) bond motifs is 3. The van der Waals surface area contributed by atoms with E-state index in [2.05, 4.69) is 31.0 Å². The van der Waals surface area contributed by atoms with Crippen LogP contribution >= 0.6 is 0 Å². The molecule has 0 spiro atoms. The van der Waals surface area contributed by atoms with Crippen LogP contribution in [0.15, 0.2) is 18.7 Å². The van der Waals surface area contributed by atoms with Crippen molar-refractivity contribution in [2.75, 3.05) is 6.61 Å². The highest BCUT2D eigenvalue weighted by molar-refractivity contribution is 5.56. The molecule has 0 bridgehead atoms. The molecule has 0 radical (unpaired) electrons. The van der Waals surface area contributed by atoms with E-state index in [-0.39, 0.29) is 12.6 Å². The van der Waals surface area contributed by atoms with Crippen molar-refractivity contribution in [3.63, 3.8) is 0 Å². The van der Waals surface area contributed by atoms with Gasteiger partial charge >= 0.3 is 0 Å². The summed E-state index contributed by atoms with van der Waals surface area (Å²) in [6.07, 6.45) is 4.18. The summed E-state index contributed by atoms with van der Waals surface area (Å²) in [5.41, 5.74) is 5.45. The molecule has 2 aliphatic rings. The standard InChI is InChI=1S/C15H19NO/c1-3-10-7-14-11(4-9(10)2)5-12-6-13(8-17)16-15(12)14/h3-4,7,12-13,15-17H,1,5-6,8H2,2H3/t12-,13+,15+/m1/s1. The maximum Gasteiger partial charge on any atom is 0.0584 e. The third-order valence-corrected chi connectivity index (χ3v) is 4.26. The van der Waals surface area contributed by atoms with Gasteiger partial charge in [-0.1, -0.05) is 18.7 Å². The molecule has 3 rings (SSSR count). The van der Waals surface area contributed by atoms with Gasteiger partial charge in [0.15, 0.2) is 0 Å². The first-order valence-corrected chi connectivity index (χ1v) is 6.35. The van der Waals surface area contributed by atoms with Crippen LogP contribution in [0.4, 0.5) is 0 Å². The summed E-state index contributed by atoms with van der Waals surface area (Å²) in [7, 11) is 0. The largest absolute Gasteiger partial charge is 0.395 e. The Morgan fingerprint density at radius 2 is 2.35 bits per heavy atom. The van der Waals surface area contributed by atoms with E-state index in [1.807, 2.05) is 6.08 Å². The average Bonchev–Trinajstić information content (AvgIpc) is 2.84. The molecule has 0 aromatic heterocycles. The lowest BCUT2D eigenvalue weighted by atomic mass is 9.99. The summed E-state index contributed by atoms with van der Waals surface area (Å²) in [6, 6.07) is 5.31. The van der Waals surface area contributed by atoms with E-state index in [1.165, 1.54) is 22.3 Å². The lowest BCUT2D eigenvalue weighted by molar-refractivity contribution is 0.250. The zero-order valence-electron chi connectivity index (χ0n) is 10.2. The van der Waals surface area contributed by atoms with Gasteiger partial charge < -0.3 is 10.4 Å². The van der Waals surface area contributed by atoms with Crippen LogP contribution in [-0.4, -0.2) is 17.8 Å². The summed E-state index contributed by atoms with van der Waals surface area (Å²) < 4.78 is 0. The van der Waals surface area contributed by atoms with Gasteiger partial charge in [-0.2, -0.15) is 0 Å². The molecule has 1 aliphatic carbocycles. The van der Waals surface area contributed by atoms with E-state index >= 15 is 0 Å². The summed E-state index contributed by atoms with van der Waals surface area (Å²) in [4.78, 5) is 0. The van der Waals surface area contributed by atoms with Crippen molar-refractivity contribution >= 4 is 6.08 Å². The van der Waals surface area contributed by atoms with Gasteiger partial charge in [-0.3, -0.25) is 0 Å². The summed E-state index contributed by atoms with van der Waals surface area (Å²) in [5.74, 6) is 0.668. The molecular weight excluding hydrogens is 210 g/mol. The van der Waals surface area contributed by atoms with Crippen molar-refractivity contribution < 1.29 is 5.11 Å². The first-order valence-electron chi connectivity index (χ1n) is 6.35. The molecular formula is C15H19NO. The zero-order valence-corrected chi connectivity index (χ0v) is 10.2. The number of aliphatic hydroxyl groups is 1. The fraction of sp³-hybridized carbons (Fsp3) is 0.467. The Hall–Kier alpha value is -1.12. The van der Waals surface area contributed by atoms with Crippen LogP contribution in [0.5, 0.6) is 0 Å². The fourth-order valence-corrected chi connectivity index (χ4v) is 3.40. The second-order valence-corrected chi connectivity index (χ2v) is 5.34. The molecule has 1 aliphatic heterocycles. The molecule has 90 valence electrons. The van der Waals surface area contributed by atoms with E-state index in [1.54, 1.807) is 0 Å². The van der Waals surface area contributed by atoms with Crippen LogP contribution in [0.3, 0.4) is 0 Å². The Morgan fingerprint density at radius 1 is 1.53 bits per heavy atom. The van der Waals surface area contributed by atoms with E-state index in [9.17, 15) is 5.11 Å². The van der Waals surface area contributed by atoms with Gasteiger partial charge in [0.1, 0.15) is 0 Å². The van der Waals surface area contributed by atoms with Crippen LogP contribution in [0.2, 0.25) is 0 Å². The molecule has 1 aromatic rings. The molecule has 17 heavy (non-hydrogen) atoms. The quantitative estimate of drug-likeness (QED) is 0.815. The topological polar surface area (TPSA) is 32.3 Å². The third kappa shape index (κ3) is 1.63. The summed E-state index contributed by atoms with van der Waals surface area (Å²) >= 11 is 0. The van der Waals surface area contributed by atoms with Gasteiger partial charge in [-0.05, 0) is 54.0 Å². The summed E-state index contributed by atoms with van der Waals surface area (Å²) in [5, 5.41) is 12.8. The van der Waals surface area contributed by atoms with Crippen LogP contribution in [0.25, 0.3) is 6.08 Å². The summed E-state index contributed by atoms with van der Waals surface area (Å²) in [6.45, 7) is 6.27. The van der Waals surface area contributed by atoms with Crippen molar-refractivity contribution in [2.24, 2.45) is 5.92 Å². The van der Waals surface area contributed by atoms with Crippen molar-refractivity contribution in [3.05, 3.63) is 41.0 Å². The molecule has 3 atom stereocenters. The van der Waals surface area contributed by atoms with Gasteiger partial charge in [0.2, 0.25) is 0 Å². The van der Waals surface area contributed by atoms with Gasteiger partial charge in [0.05, 0.1) is 6.61 Å². The maximum atomic E-state index is 9.24. The second-order valence-electron chi connectivity index (χ2n) is 5.34. The molecule has 2 heteroatoms.